The van der Waals surface area contributed by atoms with E-state index in [1.807, 2.05) is 18.9 Å². The van der Waals surface area contributed by atoms with Gasteiger partial charge in [-0.15, -0.1) is 11.8 Å². The number of thioether (sulfide) groups is 1. The average Bonchev–Trinajstić information content (AvgIpc) is 3.33. The molecule has 14 heteroatoms. The molecule has 0 aromatic heterocycles. The number of nitrogens with zero attached hydrogens (tertiary/aromatic N) is 5. The second kappa shape index (κ2) is 10.7. The summed E-state index contributed by atoms with van der Waals surface area (Å²) in [4.78, 5) is 59.3. The van der Waals surface area contributed by atoms with Crippen LogP contribution >= 0.6 is 11.8 Å². The van der Waals surface area contributed by atoms with Crippen molar-refractivity contribution in [1.29, 1.82) is 5.41 Å². The van der Waals surface area contributed by atoms with E-state index in [1.165, 1.54) is 21.6 Å². The number of carboxylic acid groups (broad SMARTS) is 1. The van der Waals surface area contributed by atoms with Crippen molar-refractivity contribution in [3.05, 3.63) is 10.6 Å². The summed E-state index contributed by atoms with van der Waals surface area (Å²) in [5.74, 6) is -2.65. The second-order valence-corrected chi connectivity index (χ2v) is 12.0. The highest BCUT2D eigenvalue weighted by Crippen LogP contribution is 2.52. The molecule has 0 aliphatic carbocycles. The number of β-lactam (4-membered cyclic amide) rings is 1. The third-order valence-corrected chi connectivity index (χ3v) is 9.62. The minimum atomic E-state index is -1.15. The number of aliphatic hydroxyl groups is 1. The summed E-state index contributed by atoms with van der Waals surface area (Å²) in [6.07, 6.45) is -0.305. The van der Waals surface area contributed by atoms with Gasteiger partial charge in [-0.05, 0) is 20.4 Å². The summed E-state index contributed by atoms with van der Waals surface area (Å²) < 4.78 is 0. The third-order valence-electron chi connectivity index (χ3n) is 8.13. The summed E-state index contributed by atoms with van der Waals surface area (Å²) >= 11 is 1.43. The predicted molar refractivity (Wildman–Crippen MR) is 140 cm³/mol. The zero-order valence-corrected chi connectivity index (χ0v) is 23.0. The van der Waals surface area contributed by atoms with Crippen molar-refractivity contribution in [1.82, 2.24) is 24.5 Å². The number of fused-ring (bicyclic) bond motifs is 1. The highest BCUT2D eigenvalue weighted by atomic mass is 32.2. The third kappa shape index (κ3) is 4.96. The quantitative estimate of drug-likeness (QED) is 0.165. The van der Waals surface area contributed by atoms with E-state index in [4.69, 9.17) is 11.1 Å². The average molecular weight is 552 g/mol. The van der Waals surface area contributed by atoms with E-state index in [0.717, 1.165) is 0 Å². The minimum Gasteiger partial charge on any atom is -0.477 e. The molecule has 3 saturated heterocycles. The molecule has 5 N–H and O–H groups in total. The Labute approximate surface area is 226 Å². The molecule has 6 unspecified atom stereocenters. The Morgan fingerprint density at radius 1 is 1.21 bits per heavy atom. The van der Waals surface area contributed by atoms with Crippen LogP contribution in [0.5, 0.6) is 0 Å². The number of aliphatic carboxylic acids is 1. The molecular formula is C24H37N7O6S. The summed E-state index contributed by atoms with van der Waals surface area (Å²) in [5, 5.41) is 27.3. The Balaban J connectivity index is 1.36. The van der Waals surface area contributed by atoms with Crippen LogP contribution < -0.4 is 5.73 Å². The number of carbonyl (C=O) groups excluding carboxylic acids is 3. The fraction of sp³-hybridized carbons (Fsp3) is 0.708. The number of hydrogen-bond donors (Lipinski definition) is 4. The van der Waals surface area contributed by atoms with Crippen molar-refractivity contribution in [2.75, 3.05) is 53.4 Å². The zero-order valence-electron chi connectivity index (χ0n) is 22.2. The number of guanidine groups is 1. The van der Waals surface area contributed by atoms with Gasteiger partial charge in [-0.1, -0.05) is 6.92 Å². The van der Waals surface area contributed by atoms with E-state index in [1.54, 1.807) is 23.8 Å². The highest BCUT2D eigenvalue weighted by molar-refractivity contribution is 8.03. The molecule has 13 nitrogen and oxygen atoms in total. The van der Waals surface area contributed by atoms with E-state index < -0.39 is 18.0 Å². The Bertz CT molecular complexity index is 1060. The molecule has 4 aliphatic heterocycles. The lowest BCUT2D eigenvalue weighted by Crippen LogP contribution is -2.63. The maximum absolute atomic E-state index is 13.4. The van der Waals surface area contributed by atoms with Crippen LogP contribution in [0.4, 0.5) is 0 Å². The van der Waals surface area contributed by atoms with Crippen LogP contribution in [0.25, 0.3) is 0 Å². The van der Waals surface area contributed by atoms with E-state index in [0.29, 0.717) is 44.0 Å². The summed E-state index contributed by atoms with van der Waals surface area (Å²) in [7, 11) is 3.46. The summed E-state index contributed by atoms with van der Waals surface area (Å²) in [5.41, 5.74) is 5.41. The number of nitrogens with two attached hydrogens (primary N) is 1. The smallest absolute Gasteiger partial charge is 0.353 e. The number of rotatable bonds is 7. The van der Waals surface area contributed by atoms with Gasteiger partial charge in [-0.2, -0.15) is 0 Å². The first-order valence-corrected chi connectivity index (χ1v) is 13.7. The number of piperazine rings is 1. The molecule has 0 saturated carbocycles. The molecule has 0 aromatic rings. The van der Waals surface area contributed by atoms with Gasteiger partial charge in [0.25, 0.3) is 0 Å². The Morgan fingerprint density at radius 2 is 1.82 bits per heavy atom. The molecule has 38 heavy (non-hydrogen) atoms. The van der Waals surface area contributed by atoms with Crippen molar-refractivity contribution >= 4 is 41.4 Å². The van der Waals surface area contributed by atoms with Crippen molar-refractivity contribution in [2.24, 2.45) is 17.6 Å². The second-order valence-electron chi connectivity index (χ2n) is 10.7. The van der Waals surface area contributed by atoms with E-state index in [9.17, 15) is 29.4 Å². The lowest BCUT2D eigenvalue weighted by Gasteiger charge is -2.46. The first kappa shape index (κ1) is 28.2. The monoisotopic (exact) mass is 551 g/mol. The normalized spacial score (nSPS) is 30.3. The van der Waals surface area contributed by atoms with Crippen molar-refractivity contribution in [2.45, 2.75) is 43.7 Å². The molecule has 0 bridgehead atoms. The molecule has 3 amide bonds. The molecule has 4 rings (SSSR count). The van der Waals surface area contributed by atoms with Crippen LogP contribution in [0.3, 0.4) is 0 Å². The van der Waals surface area contributed by atoms with Crippen LogP contribution in [0.15, 0.2) is 10.6 Å². The van der Waals surface area contributed by atoms with Crippen LogP contribution in [-0.4, -0.2) is 141 Å². The minimum absolute atomic E-state index is 0.00281. The molecule has 6 atom stereocenters. The van der Waals surface area contributed by atoms with Gasteiger partial charge >= 0.3 is 5.97 Å². The van der Waals surface area contributed by atoms with Gasteiger partial charge in [0.1, 0.15) is 5.70 Å². The zero-order chi connectivity index (χ0) is 28.0. The van der Waals surface area contributed by atoms with Gasteiger partial charge in [0.05, 0.1) is 30.7 Å². The molecule has 4 aliphatic rings. The van der Waals surface area contributed by atoms with Gasteiger partial charge in [-0.3, -0.25) is 24.7 Å². The van der Waals surface area contributed by atoms with Crippen molar-refractivity contribution in [3.8, 4) is 0 Å². The number of likely N-dealkylation sites (N-methyl/N-ethyl adjacent to an activating group) is 2. The fourth-order valence-electron chi connectivity index (χ4n) is 5.96. The number of hydrogen-bond acceptors (Lipinski definition) is 8. The summed E-state index contributed by atoms with van der Waals surface area (Å²) in [6, 6.07) is -0.713. The number of aliphatic hydroxyl groups excluding tert-OH is 1. The van der Waals surface area contributed by atoms with Gasteiger partial charge in [0, 0.05) is 55.8 Å². The molecule has 3 fully saturated rings. The van der Waals surface area contributed by atoms with E-state index in [2.05, 4.69) is 0 Å². The molecule has 4 heterocycles. The number of carboxylic acids is 1. The number of likely N-dealkylation sites (tertiary alicyclic amines) is 1. The SMILES string of the molecule is CC(O)C1C(=O)N2C(C(=O)O)=C(SC3CC(C(=O)N4CCN(C(=O)CN(C)C(=N)N)CC4)N(C)C3)C(C)C12. The maximum Gasteiger partial charge on any atom is 0.353 e. The van der Waals surface area contributed by atoms with Crippen LogP contribution in [-0.2, 0) is 19.2 Å². The fourth-order valence-corrected chi connectivity index (χ4v) is 7.56. The van der Waals surface area contributed by atoms with Gasteiger partial charge in [-0.25, -0.2) is 4.79 Å². The number of carbonyl (C=O) groups is 4. The molecular weight excluding hydrogens is 514 g/mol. The van der Waals surface area contributed by atoms with Gasteiger partial charge in [0.15, 0.2) is 5.96 Å². The Kier molecular flexibility index (Phi) is 7.96. The lowest BCUT2D eigenvalue weighted by atomic mass is 9.79. The van der Waals surface area contributed by atoms with Crippen LogP contribution in [0.2, 0.25) is 0 Å². The molecule has 0 aromatic carbocycles. The van der Waals surface area contributed by atoms with Crippen molar-refractivity contribution in [3.63, 3.8) is 0 Å². The molecule has 210 valence electrons. The summed E-state index contributed by atoms with van der Waals surface area (Å²) in [6.45, 7) is 5.72. The van der Waals surface area contributed by atoms with Crippen LogP contribution in [0, 0.1) is 17.2 Å². The first-order chi connectivity index (χ1) is 17.8. The largest absolute Gasteiger partial charge is 0.477 e. The van der Waals surface area contributed by atoms with Crippen molar-refractivity contribution < 1.29 is 29.4 Å². The maximum atomic E-state index is 13.4. The molecule has 0 radical (unpaired) electrons. The number of amides is 3. The Morgan fingerprint density at radius 3 is 2.37 bits per heavy atom. The topological polar surface area (TPSA) is 175 Å². The highest BCUT2D eigenvalue weighted by Gasteiger charge is 2.60. The molecule has 0 spiro atoms. The first-order valence-electron chi connectivity index (χ1n) is 12.8. The van der Waals surface area contributed by atoms with Gasteiger partial charge in [0.2, 0.25) is 17.7 Å². The van der Waals surface area contributed by atoms with Crippen LogP contribution in [0.1, 0.15) is 20.3 Å². The Hall–Kier alpha value is -2.84. The van der Waals surface area contributed by atoms with E-state index >= 15 is 0 Å². The lowest BCUT2D eigenvalue weighted by molar-refractivity contribution is -0.163. The van der Waals surface area contributed by atoms with E-state index in [-0.39, 0.29) is 59.2 Å². The number of nitrogens with one attached hydrogen (secondary N) is 1. The van der Waals surface area contributed by atoms with Gasteiger partial charge < -0.3 is 35.5 Å². The predicted octanol–water partition coefficient (Wildman–Crippen LogP) is -1.56. The standard InChI is InChI=1S/C24H37N7O6S/c1-12-18-17(13(2)32)22(35)31(18)19(23(36)37)20(12)38-14-9-15(27(3)10-14)21(34)30-7-5-29(6-8-30)16(33)11-28(4)24(25)26/h12-15,17-18,32H,5-11H2,1-4H3,(H3,25,26)(H,36,37).